The van der Waals surface area contributed by atoms with Crippen molar-refractivity contribution in [3.63, 3.8) is 0 Å². The number of benzene rings is 1. The van der Waals surface area contributed by atoms with Gasteiger partial charge < -0.3 is 10.2 Å². The number of nitrogens with zero attached hydrogens (tertiary/aromatic N) is 6. The van der Waals surface area contributed by atoms with Crippen LogP contribution in [0.3, 0.4) is 0 Å². The number of aryl methyl sites for hydroxylation is 3. The van der Waals surface area contributed by atoms with Gasteiger partial charge in [0.1, 0.15) is 5.69 Å². The molecule has 200 valence electrons. The molecule has 1 atom stereocenters. The highest BCUT2D eigenvalue weighted by molar-refractivity contribution is 9.10. The predicted molar refractivity (Wildman–Crippen MR) is 150 cm³/mol. The topological polar surface area (TPSA) is 115 Å². The summed E-state index contributed by atoms with van der Waals surface area (Å²) in [6.45, 7) is 7.82. The number of carbonyl (C=O) groups is 2. The summed E-state index contributed by atoms with van der Waals surface area (Å²) >= 11 is 3.49. The van der Waals surface area contributed by atoms with Gasteiger partial charge in [-0.2, -0.15) is 5.10 Å². The van der Waals surface area contributed by atoms with Gasteiger partial charge in [0.15, 0.2) is 0 Å². The van der Waals surface area contributed by atoms with E-state index in [2.05, 4.69) is 31.3 Å². The average Bonchev–Trinajstić information content (AvgIpc) is 3.26. The molecule has 0 spiro atoms. The smallest absolute Gasteiger partial charge is 0.269 e. The molecule has 4 heterocycles. The van der Waals surface area contributed by atoms with Crippen LogP contribution in [-0.2, 0) is 13.0 Å². The molecular formula is C28H28BrN7O3. The third kappa shape index (κ3) is 4.78. The molecule has 39 heavy (non-hydrogen) atoms. The Hall–Kier alpha value is -4.12. The molecule has 2 amide bonds. The van der Waals surface area contributed by atoms with E-state index >= 15 is 0 Å². The first-order chi connectivity index (χ1) is 18.6. The van der Waals surface area contributed by atoms with E-state index in [1.54, 1.807) is 27.8 Å². The highest BCUT2D eigenvalue weighted by Crippen LogP contribution is 2.26. The Labute approximate surface area is 233 Å². The molecule has 3 aromatic heterocycles. The van der Waals surface area contributed by atoms with Gasteiger partial charge in [-0.25, -0.2) is 19.2 Å². The van der Waals surface area contributed by atoms with Crippen LogP contribution in [0.5, 0.6) is 0 Å². The first-order valence-corrected chi connectivity index (χ1v) is 13.3. The summed E-state index contributed by atoms with van der Waals surface area (Å²) in [5, 5.41) is 7.12. The standard InChI is InChI=1S/C28H28BrN7O3/c1-15-10-19(6-8-22(15)29)26(38)34-14-24-21(12-17(34)3)27(39)35(20-7-9-23(31-13-20)25(37)30-5)28(32-24)36-18(4)11-16(2)33-36/h6-11,13,17H,12,14H2,1-5H3,(H,30,37)/t17-/m1/s1. The summed E-state index contributed by atoms with van der Waals surface area (Å²) in [5.41, 5.74) is 4.64. The number of pyridine rings is 1. The molecule has 0 fully saturated rings. The molecule has 5 rings (SSSR count). The number of nitrogens with one attached hydrogen (secondary N) is 1. The second-order valence-corrected chi connectivity index (χ2v) is 10.6. The summed E-state index contributed by atoms with van der Waals surface area (Å²) in [6.07, 6.45) is 1.83. The third-order valence-electron chi connectivity index (χ3n) is 6.93. The van der Waals surface area contributed by atoms with E-state index in [-0.39, 0.29) is 35.7 Å². The monoisotopic (exact) mass is 589 g/mol. The van der Waals surface area contributed by atoms with E-state index in [1.165, 1.54) is 17.8 Å². The van der Waals surface area contributed by atoms with Crippen LogP contribution in [0, 0.1) is 20.8 Å². The average molecular weight is 590 g/mol. The van der Waals surface area contributed by atoms with Crippen LogP contribution in [0.15, 0.2) is 51.9 Å². The van der Waals surface area contributed by atoms with E-state index in [0.29, 0.717) is 34.9 Å². The molecule has 11 heteroatoms. The first kappa shape index (κ1) is 26.5. The molecule has 0 bridgehead atoms. The van der Waals surface area contributed by atoms with Crippen LogP contribution >= 0.6 is 15.9 Å². The molecule has 1 N–H and O–H groups in total. The highest BCUT2D eigenvalue weighted by Gasteiger charge is 2.32. The molecule has 1 aliphatic heterocycles. The summed E-state index contributed by atoms with van der Waals surface area (Å²) in [6, 6.07) is 10.4. The maximum Gasteiger partial charge on any atom is 0.269 e. The lowest BCUT2D eigenvalue weighted by Gasteiger charge is -2.34. The van der Waals surface area contributed by atoms with E-state index < -0.39 is 0 Å². The number of hydrogen-bond donors (Lipinski definition) is 1. The lowest BCUT2D eigenvalue weighted by molar-refractivity contribution is 0.0652. The largest absolute Gasteiger partial charge is 0.354 e. The molecule has 10 nitrogen and oxygen atoms in total. The lowest BCUT2D eigenvalue weighted by Crippen LogP contribution is -2.46. The van der Waals surface area contributed by atoms with Gasteiger partial charge in [-0.15, -0.1) is 0 Å². The summed E-state index contributed by atoms with van der Waals surface area (Å²) in [4.78, 5) is 50.5. The minimum Gasteiger partial charge on any atom is -0.354 e. The Morgan fingerprint density at radius 2 is 1.87 bits per heavy atom. The Morgan fingerprint density at radius 3 is 2.49 bits per heavy atom. The van der Waals surface area contributed by atoms with Crippen molar-refractivity contribution in [3.8, 4) is 11.6 Å². The predicted octanol–water partition coefficient (Wildman–Crippen LogP) is 3.45. The van der Waals surface area contributed by atoms with Crippen LogP contribution in [-0.4, -0.2) is 54.1 Å². The highest BCUT2D eigenvalue weighted by atomic mass is 79.9. The minimum absolute atomic E-state index is 0.114. The van der Waals surface area contributed by atoms with Crippen molar-refractivity contribution < 1.29 is 9.59 Å². The Balaban J connectivity index is 1.64. The van der Waals surface area contributed by atoms with Gasteiger partial charge in [0.2, 0.25) is 5.95 Å². The molecule has 0 unspecified atom stereocenters. The van der Waals surface area contributed by atoms with Crippen molar-refractivity contribution >= 4 is 27.7 Å². The lowest BCUT2D eigenvalue weighted by atomic mass is 9.98. The zero-order valence-electron chi connectivity index (χ0n) is 22.3. The summed E-state index contributed by atoms with van der Waals surface area (Å²) < 4.78 is 4.03. The zero-order valence-corrected chi connectivity index (χ0v) is 23.9. The van der Waals surface area contributed by atoms with Crippen LogP contribution < -0.4 is 10.9 Å². The molecular weight excluding hydrogens is 562 g/mol. The van der Waals surface area contributed by atoms with Crippen molar-refractivity contribution in [2.45, 2.75) is 46.7 Å². The molecule has 0 aliphatic carbocycles. The molecule has 0 saturated carbocycles. The van der Waals surface area contributed by atoms with Crippen LogP contribution in [0.1, 0.15) is 56.0 Å². The van der Waals surface area contributed by atoms with Gasteiger partial charge in [-0.3, -0.25) is 14.4 Å². The van der Waals surface area contributed by atoms with E-state index in [4.69, 9.17) is 4.98 Å². The van der Waals surface area contributed by atoms with Gasteiger partial charge in [-0.1, -0.05) is 15.9 Å². The van der Waals surface area contributed by atoms with Crippen molar-refractivity contribution in [1.82, 2.24) is 34.5 Å². The Bertz CT molecular complexity index is 1670. The second kappa shape index (κ2) is 10.2. The van der Waals surface area contributed by atoms with E-state index in [1.807, 2.05) is 45.9 Å². The molecule has 1 aliphatic rings. The number of halogens is 1. The van der Waals surface area contributed by atoms with Crippen molar-refractivity contribution in [3.05, 3.63) is 96.9 Å². The van der Waals surface area contributed by atoms with Gasteiger partial charge in [0.05, 0.1) is 29.8 Å². The Morgan fingerprint density at radius 1 is 1.10 bits per heavy atom. The fourth-order valence-corrected chi connectivity index (χ4v) is 5.10. The fourth-order valence-electron chi connectivity index (χ4n) is 4.85. The normalized spacial score (nSPS) is 14.7. The number of aromatic nitrogens is 5. The van der Waals surface area contributed by atoms with Gasteiger partial charge in [0, 0.05) is 34.4 Å². The molecule has 0 radical (unpaired) electrons. The Kier molecular flexibility index (Phi) is 6.94. The van der Waals surface area contributed by atoms with Crippen molar-refractivity contribution in [1.29, 1.82) is 0 Å². The second-order valence-electron chi connectivity index (χ2n) is 9.75. The van der Waals surface area contributed by atoms with E-state index in [9.17, 15) is 14.4 Å². The summed E-state index contributed by atoms with van der Waals surface area (Å²) in [5.74, 6) is -0.146. The van der Waals surface area contributed by atoms with Crippen molar-refractivity contribution in [2.75, 3.05) is 7.05 Å². The number of rotatable bonds is 4. The molecule has 1 aromatic carbocycles. The van der Waals surface area contributed by atoms with E-state index in [0.717, 1.165) is 21.4 Å². The number of amides is 2. The minimum atomic E-state index is -0.323. The third-order valence-corrected chi connectivity index (χ3v) is 7.82. The number of hydrogen-bond acceptors (Lipinski definition) is 6. The summed E-state index contributed by atoms with van der Waals surface area (Å²) in [7, 11) is 1.53. The SMILES string of the molecule is CNC(=O)c1ccc(-n2c(-n3nc(C)cc3C)nc3c(c2=O)C[C@@H](C)N(C(=O)c2ccc(Br)c(C)c2)C3)cn1. The van der Waals surface area contributed by atoms with Crippen LogP contribution in [0.4, 0.5) is 0 Å². The van der Waals surface area contributed by atoms with Crippen LogP contribution in [0.2, 0.25) is 0 Å². The quantitative estimate of drug-likeness (QED) is 0.390. The van der Waals surface area contributed by atoms with Gasteiger partial charge in [-0.05, 0) is 76.1 Å². The molecule has 0 saturated heterocycles. The maximum atomic E-state index is 14.0. The van der Waals surface area contributed by atoms with Gasteiger partial charge in [0.25, 0.3) is 17.4 Å². The van der Waals surface area contributed by atoms with Crippen LogP contribution in [0.25, 0.3) is 11.6 Å². The van der Waals surface area contributed by atoms with Gasteiger partial charge >= 0.3 is 0 Å². The fraction of sp³-hybridized carbons (Fsp3) is 0.286. The number of carbonyl (C=O) groups excluding carboxylic acids is 2. The first-order valence-electron chi connectivity index (χ1n) is 12.5. The van der Waals surface area contributed by atoms with Crippen molar-refractivity contribution in [2.24, 2.45) is 0 Å². The molecule has 4 aromatic rings. The number of fused-ring (bicyclic) bond motifs is 1. The maximum absolute atomic E-state index is 14.0. The zero-order chi connectivity index (χ0) is 28.0.